The zero-order valence-corrected chi connectivity index (χ0v) is 7.97. The van der Waals surface area contributed by atoms with Crippen LogP contribution in [-0.4, -0.2) is 35.3 Å². The number of morpholine rings is 1. The molecule has 2 aliphatic rings. The first-order chi connectivity index (χ1) is 6.74. The van der Waals surface area contributed by atoms with Crippen LogP contribution in [0.5, 0.6) is 0 Å². The van der Waals surface area contributed by atoms with Gasteiger partial charge in [-0.1, -0.05) is 0 Å². The van der Waals surface area contributed by atoms with E-state index in [1.165, 1.54) is 0 Å². The Hall–Kier alpha value is -1.36. The third-order valence-electron chi connectivity index (χ3n) is 2.81. The number of ether oxygens (including phenoxy) is 1. The minimum atomic E-state index is 0.403. The Morgan fingerprint density at radius 1 is 1.57 bits per heavy atom. The fourth-order valence-corrected chi connectivity index (χ4v) is 1.91. The summed E-state index contributed by atoms with van der Waals surface area (Å²) in [6.07, 6.45) is 0.403. The summed E-state index contributed by atoms with van der Waals surface area (Å²) in [6.45, 7) is 3.62. The van der Waals surface area contributed by atoms with Crippen LogP contribution in [0.25, 0.3) is 0 Å². The van der Waals surface area contributed by atoms with Crippen LogP contribution in [-0.2, 0) is 4.74 Å². The van der Waals surface area contributed by atoms with Crippen LogP contribution < -0.4 is 10.6 Å². The van der Waals surface area contributed by atoms with Crippen molar-refractivity contribution in [2.75, 3.05) is 23.8 Å². The molecule has 2 atom stereocenters. The number of anilines is 2. The summed E-state index contributed by atoms with van der Waals surface area (Å²) in [5, 5.41) is 0. The molecule has 3 rings (SSSR count). The number of fused-ring (bicyclic) bond motifs is 1. The van der Waals surface area contributed by atoms with Crippen molar-refractivity contribution >= 4 is 11.8 Å². The normalized spacial score (nSPS) is 29.1. The molecule has 14 heavy (non-hydrogen) atoms. The third kappa shape index (κ3) is 0.988. The van der Waals surface area contributed by atoms with Gasteiger partial charge in [0.25, 0.3) is 0 Å². The monoisotopic (exact) mass is 192 g/mol. The number of nitrogens with two attached hydrogens (primary N) is 1. The van der Waals surface area contributed by atoms with E-state index < -0.39 is 0 Å². The summed E-state index contributed by atoms with van der Waals surface area (Å²) in [7, 11) is 0. The number of rotatable bonds is 1. The first kappa shape index (κ1) is 7.99. The molecule has 2 unspecified atom stereocenters. The maximum atomic E-state index is 5.67. The minimum absolute atomic E-state index is 0.403. The van der Waals surface area contributed by atoms with Crippen LogP contribution in [0.1, 0.15) is 5.69 Å². The van der Waals surface area contributed by atoms with Gasteiger partial charge in [-0.15, -0.1) is 0 Å². The van der Waals surface area contributed by atoms with Crippen molar-refractivity contribution in [3.63, 3.8) is 0 Å². The van der Waals surface area contributed by atoms with Gasteiger partial charge in [0.05, 0.1) is 18.8 Å². The molecule has 0 aromatic carbocycles. The quantitative estimate of drug-likeness (QED) is 0.676. The number of aryl methyl sites for hydroxylation is 1. The zero-order chi connectivity index (χ0) is 9.71. The van der Waals surface area contributed by atoms with E-state index in [0.717, 1.165) is 24.8 Å². The lowest BCUT2D eigenvalue weighted by atomic mass is 9.95. The molecule has 0 bridgehead atoms. The smallest absolute Gasteiger partial charge is 0.228 e. The van der Waals surface area contributed by atoms with E-state index in [0.29, 0.717) is 18.0 Å². The van der Waals surface area contributed by atoms with E-state index >= 15 is 0 Å². The van der Waals surface area contributed by atoms with Crippen molar-refractivity contribution in [1.29, 1.82) is 0 Å². The van der Waals surface area contributed by atoms with Gasteiger partial charge < -0.3 is 15.4 Å². The van der Waals surface area contributed by atoms with Gasteiger partial charge in [-0.05, 0) is 6.92 Å². The van der Waals surface area contributed by atoms with Gasteiger partial charge in [-0.25, -0.2) is 4.98 Å². The fraction of sp³-hybridized carbons (Fsp3) is 0.556. The minimum Gasteiger partial charge on any atom is -0.384 e. The molecule has 3 heterocycles. The Bertz CT molecular complexity index is 361. The highest BCUT2D eigenvalue weighted by molar-refractivity contribution is 5.45. The first-order valence-corrected chi connectivity index (χ1v) is 4.73. The van der Waals surface area contributed by atoms with E-state index in [1.807, 2.05) is 6.92 Å². The molecular weight excluding hydrogens is 180 g/mol. The predicted octanol–water partition coefficient (Wildman–Crippen LogP) is -0.0454. The Balaban J connectivity index is 1.89. The van der Waals surface area contributed by atoms with Gasteiger partial charge in [-0.2, -0.15) is 4.98 Å². The van der Waals surface area contributed by atoms with Crippen LogP contribution in [0, 0.1) is 6.92 Å². The van der Waals surface area contributed by atoms with E-state index in [-0.39, 0.29) is 0 Å². The third-order valence-corrected chi connectivity index (χ3v) is 2.81. The Kier molecular flexibility index (Phi) is 1.47. The maximum absolute atomic E-state index is 5.67. The molecule has 5 heteroatoms. The van der Waals surface area contributed by atoms with Gasteiger partial charge in [0, 0.05) is 18.3 Å². The van der Waals surface area contributed by atoms with Crippen molar-refractivity contribution in [3.8, 4) is 0 Å². The van der Waals surface area contributed by atoms with Crippen LogP contribution >= 0.6 is 0 Å². The Morgan fingerprint density at radius 2 is 2.43 bits per heavy atom. The second-order valence-corrected chi connectivity index (χ2v) is 3.83. The van der Waals surface area contributed by atoms with Crippen molar-refractivity contribution in [2.24, 2.45) is 0 Å². The van der Waals surface area contributed by atoms with E-state index in [4.69, 9.17) is 10.5 Å². The van der Waals surface area contributed by atoms with Gasteiger partial charge in [-0.3, -0.25) is 0 Å². The lowest BCUT2D eigenvalue weighted by Gasteiger charge is -2.54. The summed E-state index contributed by atoms with van der Waals surface area (Å²) in [5.74, 6) is 1.28. The molecule has 2 saturated heterocycles. The van der Waals surface area contributed by atoms with Gasteiger partial charge in [0.2, 0.25) is 5.95 Å². The largest absolute Gasteiger partial charge is 0.384 e. The average molecular weight is 192 g/mol. The highest BCUT2D eigenvalue weighted by atomic mass is 16.5. The molecule has 0 spiro atoms. The summed E-state index contributed by atoms with van der Waals surface area (Å²) >= 11 is 0. The van der Waals surface area contributed by atoms with Crippen LogP contribution in [0.15, 0.2) is 6.07 Å². The molecule has 2 aliphatic heterocycles. The second kappa shape index (κ2) is 2.57. The van der Waals surface area contributed by atoms with E-state index in [2.05, 4.69) is 14.9 Å². The van der Waals surface area contributed by atoms with Crippen molar-refractivity contribution in [3.05, 3.63) is 11.8 Å². The van der Waals surface area contributed by atoms with Gasteiger partial charge >= 0.3 is 0 Å². The molecule has 1 aromatic rings. The number of hydrogen-bond acceptors (Lipinski definition) is 5. The molecule has 0 radical (unpaired) electrons. The number of nitrogens with zero attached hydrogens (tertiary/aromatic N) is 3. The summed E-state index contributed by atoms with van der Waals surface area (Å²) in [5.41, 5.74) is 6.58. The van der Waals surface area contributed by atoms with Crippen LogP contribution in [0.2, 0.25) is 0 Å². The van der Waals surface area contributed by atoms with Crippen molar-refractivity contribution in [2.45, 2.75) is 19.1 Å². The van der Waals surface area contributed by atoms with Crippen molar-refractivity contribution < 1.29 is 4.74 Å². The van der Waals surface area contributed by atoms with Gasteiger partial charge in [0.15, 0.2) is 0 Å². The SMILES string of the molecule is Cc1cc(N)nc(N2CC3OCC32)n1. The second-order valence-electron chi connectivity index (χ2n) is 3.83. The first-order valence-electron chi connectivity index (χ1n) is 4.73. The lowest BCUT2D eigenvalue weighted by molar-refractivity contribution is -0.114. The summed E-state index contributed by atoms with van der Waals surface area (Å²) < 4.78 is 5.31. The van der Waals surface area contributed by atoms with Crippen LogP contribution in [0.3, 0.4) is 0 Å². The van der Waals surface area contributed by atoms with Gasteiger partial charge in [0.1, 0.15) is 5.82 Å². The Morgan fingerprint density at radius 3 is 2.93 bits per heavy atom. The van der Waals surface area contributed by atoms with E-state index in [9.17, 15) is 0 Å². The molecule has 0 amide bonds. The molecule has 74 valence electrons. The molecule has 2 fully saturated rings. The highest BCUT2D eigenvalue weighted by Gasteiger charge is 2.48. The number of nitrogen functional groups attached to an aromatic ring is 1. The molecular formula is C9H12N4O. The summed E-state index contributed by atoms with van der Waals surface area (Å²) in [4.78, 5) is 10.7. The standard InChI is InChI=1S/C9H12N4O/c1-5-2-8(10)12-9(11-5)13-3-7-6(13)4-14-7/h2,6-7H,3-4H2,1H3,(H2,10,11,12). The lowest BCUT2D eigenvalue weighted by Crippen LogP contribution is -2.71. The molecule has 0 saturated carbocycles. The van der Waals surface area contributed by atoms with Crippen LogP contribution in [0.4, 0.5) is 11.8 Å². The topological polar surface area (TPSA) is 64.3 Å². The zero-order valence-electron chi connectivity index (χ0n) is 7.97. The highest BCUT2D eigenvalue weighted by Crippen LogP contribution is 2.33. The number of aromatic nitrogens is 2. The molecule has 2 N–H and O–H groups in total. The number of hydrogen-bond donors (Lipinski definition) is 1. The van der Waals surface area contributed by atoms with E-state index in [1.54, 1.807) is 6.07 Å². The predicted molar refractivity (Wildman–Crippen MR) is 52.1 cm³/mol. The summed E-state index contributed by atoms with van der Waals surface area (Å²) in [6, 6.07) is 2.26. The molecule has 5 nitrogen and oxygen atoms in total. The maximum Gasteiger partial charge on any atom is 0.228 e. The fourth-order valence-electron chi connectivity index (χ4n) is 1.91. The van der Waals surface area contributed by atoms with Crippen molar-refractivity contribution in [1.82, 2.24) is 9.97 Å². The molecule has 0 aliphatic carbocycles. The Labute approximate surface area is 81.9 Å². The average Bonchev–Trinajstić information content (AvgIpc) is 2.08. The molecule has 1 aromatic heterocycles.